The summed E-state index contributed by atoms with van der Waals surface area (Å²) in [7, 11) is 0. The van der Waals surface area contributed by atoms with Crippen molar-refractivity contribution in [3.05, 3.63) is 145 Å². The van der Waals surface area contributed by atoms with Crippen LogP contribution in [-0.4, -0.2) is 0 Å². The number of para-hydroxylation sites is 4. The van der Waals surface area contributed by atoms with Crippen molar-refractivity contribution < 1.29 is 4.74 Å². The summed E-state index contributed by atoms with van der Waals surface area (Å²) >= 11 is 0. The predicted octanol–water partition coefficient (Wildman–Crippen LogP) is 12.4. The van der Waals surface area contributed by atoms with Crippen molar-refractivity contribution >= 4 is 44.9 Å². The van der Waals surface area contributed by atoms with Gasteiger partial charge in [-0.3, -0.25) is 0 Å². The molecule has 5 aliphatic rings. The summed E-state index contributed by atoms with van der Waals surface area (Å²) in [6.07, 6.45) is 8.60. The van der Waals surface area contributed by atoms with Gasteiger partial charge < -0.3 is 14.5 Å². The average molecular weight is 611 g/mol. The van der Waals surface area contributed by atoms with Crippen molar-refractivity contribution in [2.45, 2.75) is 43.9 Å². The molecule has 47 heavy (non-hydrogen) atoms. The molecule has 0 radical (unpaired) electrons. The van der Waals surface area contributed by atoms with Crippen LogP contribution in [0.5, 0.6) is 11.5 Å². The average Bonchev–Trinajstić information content (AvgIpc) is 3.11. The third-order valence-corrected chi connectivity index (χ3v) is 11.6. The van der Waals surface area contributed by atoms with Gasteiger partial charge in [-0.2, -0.15) is 0 Å². The van der Waals surface area contributed by atoms with Crippen molar-refractivity contribution in [2.75, 3.05) is 9.80 Å². The van der Waals surface area contributed by atoms with Gasteiger partial charge in [0.05, 0.1) is 17.1 Å². The van der Waals surface area contributed by atoms with Crippen LogP contribution in [-0.2, 0) is 5.41 Å². The largest absolute Gasteiger partial charge is 0.453 e. The van der Waals surface area contributed by atoms with E-state index in [1.807, 2.05) is 24.3 Å². The fourth-order valence-electron chi connectivity index (χ4n) is 9.99. The third-order valence-electron chi connectivity index (χ3n) is 11.6. The van der Waals surface area contributed by atoms with Crippen LogP contribution in [0.3, 0.4) is 0 Å². The Morgan fingerprint density at radius 3 is 1.70 bits per heavy atom. The van der Waals surface area contributed by atoms with Gasteiger partial charge in [0.25, 0.3) is 0 Å². The molecule has 11 rings (SSSR count). The first-order valence-corrected chi connectivity index (χ1v) is 17.4. The standard InChI is InChI=1S/C44H38N2O/c1-2-10-38-33(8-1)9-7-13-39(38)45(35-18-16-34(17-19-35)44-27-30-24-31(28-44)26-32(25-30)29-44)36-20-22-37(23-21-36)46-40-11-3-5-14-42(40)47-43-15-6-4-12-41(43)46/h1-23,30-32H,24-29H2. The Labute approximate surface area is 277 Å². The van der Waals surface area contributed by atoms with Gasteiger partial charge in [-0.1, -0.05) is 72.8 Å². The van der Waals surface area contributed by atoms with E-state index >= 15 is 0 Å². The summed E-state index contributed by atoms with van der Waals surface area (Å²) in [6.45, 7) is 0. The Bertz CT molecular complexity index is 2030. The second kappa shape index (κ2) is 10.5. The molecule has 0 unspecified atom stereocenters. The van der Waals surface area contributed by atoms with Crippen LogP contribution < -0.4 is 14.5 Å². The van der Waals surface area contributed by atoms with Gasteiger partial charge in [-0.15, -0.1) is 0 Å². The predicted molar refractivity (Wildman–Crippen MR) is 193 cm³/mol. The van der Waals surface area contributed by atoms with E-state index in [0.29, 0.717) is 5.41 Å². The van der Waals surface area contributed by atoms with E-state index in [4.69, 9.17) is 4.74 Å². The lowest BCUT2D eigenvalue weighted by Crippen LogP contribution is -2.48. The molecule has 0 saturated heterocycles. The van der Waals surface area contributed by atoms with E-state index in [9.17, 15) is 0 Å². The highest BCUT2D eigenvalue weighted by Crippen LogP contribution is 2.61. The Hall–Kier alpha value is -5.02. The minimum Gasteiger partial charge on any atom is -0.453 e. The van der Waals surface area contributed by atoms with Crippen LogP contribution in [0.25, 0.3) is 10.8 Å². The first-order valence-electron chi connectivity index (χ1n) is 17.4. The van der Waals surface area contributed by atoms with Crippen LogP contribution in [0.1, 0.15) is 44.1 Å². The first kappa shape index (κ1) is 27.1. The molecule has 6 aromatic carbocycles. The maximum Gasteiger partial charge on any atom is 0.151 e. The molecule has 1 aliphatic heterocycles. The molecule has 3 nitrogen and oxygen atoms in total. The number of ether oxygens (including phenoxy) is 1. The Morgan fingerprint density at radius 1 is 0.532 bits per heavy atom. The number of anilines is 6. The lowest BCUT2D eigenvalue weighted by Gasteiger charge is -2.57. The van der Waals surface area contributed by atoms with Crippen LogP contribution in [0.2, 0.25) is 0 Å². The highest BCUT2D eigenvalue weighted by atomic mass is 16.5. The van der Waals surface area contributed by atoms with E-state index in [2.05, 4.69) is 125 Å². The molecular formula is C44H38N2O. The number of benzene rings is 6. The number of nitrogens with zero attached hydrogens (tertiary/aromatic N) is 2. The van der Waals surface area contributed by atoms with E-state index in [1.165, 1.54) is 60.7 Å². The fraction of sp³-hybridized carbons (Fsp3) is 0.227. The molecule has 0 amide bonds. The Morgan fingerprint density at radius 2 is 1.06 bits per heavy atom. The summed E-state index contributed by atoms with van der Waals surface area (Å²) in [6, 6.07) is 50.7. The molecule has 0 spiro atoms. The molecule has 1 heterocycles. The lowest BCUT2D eigenvalue weighted by molar-refractivity contribution is -0.00518. The van der Waals surface area contributed by atoms with Crippen molar-refractivity contribution in [3.63, 3.8) is 0 Å². The Balaban J connectivity index is 1.07. The molecular weight excluding hydrogens is 572 g/mol. The van der Waals surface area contributed by atoms with Crippen molar-refractivity contribution in [1.29, 1.82) is 0 Å². The van der Waals surface area contributed by atoms with E-state index < -0.39 is 0 Å². The van der Waals surface area contributed by atoms with Crippen molar-refractivity contribution in [2.24, 2.45) is 17.8 Å². The maximum atomic E-state index is 6.28. The molecule has 4 bridgehead atoms. The summed E-state index contributed by atoms with van der Waals surface area (Å²) in [5.74, 6) is 4.56. The van der Waals surface area contributed by atoms with Crippen LogP contribution >= 0.6 is 0 Å². The Kier molecular flexibility index (Phi) is 6.06. The number of hydrogen-bond acceptors (Lipinski definition) is 3. The highest BCUT2D eigenvalue weighted by molar-refractivity contribution is 5.99. The second-order valence-corrected chi connectivity index (χ2v) is 14.5. The summed E-state index contributed by atoms with van der Waals surface area (Å²) in [4.78, 5) is 4.75. The van der Waals surface area contributed by atoms with E-state index in [-0.39, 0.29) is 0 Å². The normalized spacial score (nSPS) is 23.7. The van der Waals surface area contributed by atoms with Gasteiger partial charge in [0.2, 0.25) is 0 Å². The fourth-order valence-corrected chi connectivity index (χ4v) is 9.99. The smallest absolute Gasteiger partial charge is 0.151 e. The zero-order valence-corrected chi connectivity index (χ0v) is 26.6. The number of rotatable bonds is 5. The summed E-state index contributed by atoms with van der Waals surface area (Å²) in [5.41, 5.74) is 8.69. The third kappa shape index (κ3) is 4.40. The van der Waals surface area contributed by atoms with Gasteiger partial charge in [0.15, 0.2) is 11.5 Å². The molecule has 6 aromatic rings. The maximum absolute atomic E-state index is 6.28. The number of fused-ring (bicyclic) bond motifs is 3. The lowest BCUT2D eigenvalue weighted by atomic mass is 9.48. The molecule has 4 saturated carbocycles. The van der Waals surface area contributed by atoms with Crippen LogP contribution in [0.4, 0.5) is 34.1 Å². The van der Waals surface area contributed by atoms with Gasteiger partial charge in [-0.05, 0) is 139 Å². The van der Waals surface area contributed by atoms with E-state index in [1.54, 1.807) is 5.56 Å². The van der Waals surface area contributed by atoms with Crippen molar-refractivity contribution in [3.8, 4) is 11.5 Å². The minimum atomic E-state index is 0.393. The molecule has 4 fully saturated rings. The van der Waals surface area contributed by atoms with Crippen LogP contribution in [0.15, 0.2) is 140 Å². The zero-order chi connectivity index (χ0) is 31.0. The SMILES string of the molecule is c1ccc2c(c1)Oc1ccccc1N2c1ccc(N(c2ccc(C34CC5CC(CC(C5)C3)C4)cc2)c2cccc3ccccc23)cc1. The van der Waals surface area contributed by atoms with E-state index in [0.717, 1.165) is 52.0 Å². The van der Waals surface area contributed by atoms with Crippen molar-refractivity contribution in [1.82, 2.24) is 0 Å². The van der Waals surface area contributed by atoms with Crippen LogP contribution in [0, 0.1) is 17.8 Å². The van der Waals surface area contributed by atoms with Gasteiger partial charge in [0.1, 0.15) is 0 Å². The topological polar surface area (TPSA) is 15.7 Å². The van der Waals surface area contributed by atoms with Gasteiger partial charge in [0, 0.05) is 22.4 Å². The molecule has 0 aromatic heterocycles. The molecule has 0 atom stereocenters. The summed E-state index contributed by atoms with van der Waals surface area (Å²) < 4.78 is 6.28. The van der Waals surface area contributed by atoms with Gasteiger partial charge in [-0.25, -0.2) is 0 Å². The molecule has 4 aliphatic carbocycles. The minimum absolute atomic E-state index is 0.393. The second-order valence-electron chi connectivity index (χ2n) is 14.5. The first-order chi connectivity index (χ1) is 23.2. The van der Waals surface area contributed by atoms with Gasteiger partial charge >= 0.3 is 0 Å². The molecule has 0 N–H and O–H groups in total. The monoisotopic (exact) mass is 610 g/mol. The number of hydrogen-bond donors (Lipinski definition) is 0. The highest BCUT2D eigenvalue weighted by Gasteiger charge is 2.51. The molecule has 230 valence electrons. The quantitative estimate of drug-likeness (QED) is 0.193. The molecule has 3 heteroatoms. The summed E-state index contributed by atoms with van der Waals surface area (Å²) in [5, 5.41) is 2.50. The zero-order valence-electron chi connectivity index (χ0n) is 26.6.